The first kappa shape index (κ1) is 14.3. The maximum absolute atomic E-state index is 13.5. The Morgan fingerprint density at radius 3 is 3.00 bits per heavy atom. The lowest BCUT2D eigenvalue weighted by Crippen LogP contribution is -2.15. The minimum absolute atomic E-state index is 0.234. The first-order valence-corrected chi connectivity index (χ1v) is 6.81. The van der Waals surface area contributed by atoms with Crippen molar-refractivity contribution in [2.45, 2.75) is 44.3 Å². The van der Waals surface area contributed by atoms with E-state index in [1.54, 1.807) is 12.1 Å². The third-order valence-electron chi connectivity index (χ3n) is 3.53. The Morgan fingerprint density at radius 2 is 2.37 bits per heavy atom. The van der Waals surface area contributed by atoms with Crippen LogP contribution >= 0.6 is 0 Å². The fourth-order valence-corrected chi connectivity index (χ4v) is 2.46. The van der Waals surface area contributed by atoms with Gasteiger partial charge in [-0.2, -0.15) is 0 Å². The van der Waals surface area contributed by atoms with E-state index in [-0.39, 0.29) is 11.6 Å². The zero-order valence-corrected chi connectivity index (χ0v) is 11.3. The second kappa shape index (κ2) is 6.87. The van der Waals surface area contributed by atoms with Crippen molar-refractivity contribution in [3.05, 3.63) is 29.6 Å². The molecular formula is C15H21FO3. The molecule has 0 aliphatic carbocycles. The number of aliphatic hydroxyl groups excluding tert-OH is 1. The van der Waals surface area contributed by atoms with Crippen LogP contribution < -0.4 is 4.74 Å². The molecule has 0 saturated carbocycles. The molecule has 2 atom stereocenters. The summed E-state index contributed by atoms with van der Waals surface area (Å²) in [5, 5.41) is 9.97. The molecule has 0 aromatic heterocycles. The highest BCUT2D eigenvalue weighted by Crippen LogP contribution is 2.21. The van der Waals surface area contributed by atoms with Gasteiger partial charge >= 0.3 is 0 Å². The van der Waals surface area contributed by atoms with Gasteiger partial charge in [0.05, 0.1) is 19.3 Å². The highest BCUT2D eigenvalue weighted by atomic mass is 19.1. The van der Waals surface area contributed by atoms with Crippen LogP contribution in [-0.2, 0) is 11.2 Å². The molecule has 1 aliphatic rings. The van der Waals surface area contributed by atoms with Gasteiger partial charge in [-0.15, -0.1) is 0 Å². The van der Waals surface area contributed by atoms with Gasteiger partial charge in [-0.1, -0.05) is 6.07 Å². The van der Waals surface area contributed by atoms with E-state index in [4.69, 9.17) is 9.47 Å². The van der Waals surface area contributed by atoms with E-state index >= 15 is 0 Å². The van der Waals surface area contributed by atoms with Crippen LogP contribution in [0.2, 0.25) is 0 Å². The molecule has 2 unspecified atom stereocenters. The van der Waals surface area contributed by atoms with Crippen LogP contribution in [0.5, 0.6) is 5.75 Å². The van der Waals surface area contributed by atoms with E-state index in [1.807, 2.05) is 0 Å². The van der Waals surface area contributed by atoms with Crippen molar-refractivity contribution in [3.63, 3.8) is 0 Å². The quantitative estimate of drug-likeness (QED) is 0.862. The molecule has 0 amide bonds. The molecule has 3 nitrogen and oxygen atoms in total. The fraction of sp³-hybridized carbons (Fsp3) is 0.600. The third kappa shape index (κ3) is 4.18. The van der Waals surface area contributed by atoms with Crippen LogP contribution in [0.15, 0.2) is 18.2 Å². The lowest BCUT2D eigenvalue weighted by Gasteiger charge is -2.14. The van der Waals surface area contributed by atoms with Crippen molar-refractivity contribution < 1.29 is 19.0 Å². The first-order chi connectivity index (χ1) is 9.19. The normalized spacial score (nSPS) is 20.5. The van der Waals surface area contributed by atoms with E-state index in [0.717, 1.165) is 31.4 Å². The van der Waals surface area contributed by atoms with Crippen LogP contribution in [0.4, 0.5) is 4.39 Å². The molecule has 19 heavy (non-hydrogen) atoms. The smallest absolute Gasteiger partial charge is 0.165 e. The Balaban J connectivity index is 1.80. The Labute approximate surface area is 113 Å². The largest absolute Gasteiger partial charge is 0.494 e. The minimum Gasteiger partial charge on any atom is -0.494 e. The maximum Gasteiger partial charge on any atom is 0.165 e. The van der Waals surface area contributed by atoms with Crippen LogP contribution in [-0.4, -0.2) is 31.0 Å². The van der Waals surface area contributed by atoms with Crippen LogP contribution in [0.1, 0.15) is 31.2 Å². The molecule has 2 rings (SSSR count). The Morgan fingerprint density at radius 1 is 1.53 bits per heavy atom. The fourth-order valence-electron chi connectivity index (χ4n) is 2.46. The monoisotopic (exact) mass is 268 g/mol. The summed E-state index contributed by atoms with van der Waals surface area (Å²) in [6.45, 7) is 0.838. The van der Waals surface area contributed by atoms with Crippen molar-refractivity contribution in [2.24, 2.45) is 0 Å². The predicted octanol–water partition coefficient (Wildman–Crippen LogP) is 2.70. The molecule has 106 valence electrons. The molecule has 0 radical (unpaired) electrons. The summed E-state index contributed by atoms with van der Waals surface area (Å²) in [5.74, 6) is -0.149. The van der Waals surface area contributed by atoms with Crippen LogP contribution in [0.3, 0.4) is 0 Å². The average Bonchev–Trinajstić information content (AvgIpc) is 2.90. The molecule has 1 heterocycles. The SMILES string of the molecule is COc1ccc(CC(O)CCC2CCCO2)cc1F. The van der Waals surface area contributed by atoms with Gasteiger partial charge < -0.3 is 14.6 Å². The predicted molar refractivity (Wildman–Crippen MR) is 70.9 cm³/mol. The number of hydrogen-bond acceptors (Lipinski definition) is 3. The number of rotatable bonds is 6. The summed E-state index contributed by atoms with van der Waals surface area (Å²) in [6, 6.07) is 4.81. The number of hydrogen-bond donors (Lipinski definition) is 1. The summed E-state index contributed by atoms with van der Waals surface area (Å²) < 4.78 is 23.9. The van der Waals surface area contributed by atoms with Gasteiger partial charge in [-0.3, -0.25) is 0 Å². The van der Waals surface area contributed by atoms with Gasteiger partial charge in [0.1, 0.15) is 0 Å². The molecule has 0 bridgehead atoms. The molecule has 1 N–H and O–H groups in total. The number of methoxy groups -OCH3 is 1. The van der Waals surface area contributed by atoms with E-state index in [1.165, 1.54) is 13.2 Å². The van der Waals surface area contributed by atoms with Crippen LogP contribution in [0.25, 0.3) is 0 Å². The lowest BCUT2D eigenvalue weighted by molar-refractivity contribution is 0.0813. The molecule has 0 spiro atoms. The second-order valence-electron chi connectivity index (χ2n) is 5.04. The third-order valence-corrected chi connectivity index (χ3v) is 3.53. The van der Waals surface area contributed by atoms with E-state index < -0.39 is 6.10 Å². The Bertz CT molecular complexity index is 402. The van der Waals surface area contributed by atoms with Gasteiger partial charge in [0.25, 0.3) is 0 Å². The maximum atomic E-state index is 13.5. The standard InChI is InChI=1S/C15H21FO3/c1-18-15-7-4-11(10-14(15)16)9-12(17)5-6-13-3-2-8-19-13/h4,7,10,12-13,17H,2-3,5-6,8-9H2,1H3. The number of benzene rings is 1. The summed E-state index contributed by atoms with van der Waals surface area (Å²) in [4.78, 5) is 0. The van der Waals surface area contributed by atoms with Crippen molar-refractivity contribution in [1.29, 1.82) is 0 Å². The molecule has 1 aromatic carbocycles. The Hall–Kier alpha value is -1.13. The lowest BCUT2D eigenvalue weighted by atomic mass is 10.0. The Kier molecular flexibility index (Phi) is 5.16. The van der Waals surface area contributed by atoms with Gasteiger partial charge in [-0.25, -0.2) is 4.39 Å². The van der Waals surface area contributed by atoms with Crippen molar-refractivity contribution >= 4 is 0 Å². The average molecular weight is 268 g/mol. The number of aliphatic hydroxyl groups is 1. The van der Waals surface area contributed by atoms with Crippen molar-refractivity contribution in [3.8, 4) is 5.75 Å². The van der Waals surface area contributed by atoms with Crippen molar-refractivity contribution in [1.82, 2.24) is 0 Å². The molecular weight excluding hydrogens is 247 g/mol. The highest BCUT2D eigenvalue weighted by Gasteiger charge is 2.17. The van der Waals surface area contributed by atoms with Gasteiger partial charge in [0.15, 0.2) is 11.6 Å². The summed E-state index contributed by atoms with van der Waals surface area (Å²) in [5.41, 5.74) is 0.790. The first-order valence-electron chi connectivity index (χ1n) is 6.81. The topological polar surface area (TPSA) is 38.7 Å². The summed E-state index contributed by atoms with van der Waals surface area (Å²) in [6.07, 6.45) is 4.08. The number of ether oxygens (including phenoxy) is 2. The molecule has 4 heteroatoms. The summed E-state index contributed by atoms with van der Waals surface area (Å²) in [7, 11) is 1.44. The van der Waals surface area contributed by atoms with Gasteiger partial charge in [-0.05, 0) is 49.8 Å². The molecule has 1 fully saturated rings. The van der Waals surface area contributed by atoms with Crippen molar-refractivity contribution in [2.75, 3.05) is 13.7 Å². The van der Waals surface area contributed by atoms with Gasteiger partial charge in [0, 0.05) is 6.61 Å². The van der Waals surface area contributed by atoms with E-state index in [0.29, 0.717) is 18.9 Å². The van der Waals surface area contributed by atoms with E-state index in [9.17, 15) is 9.50 Å². The molecule has 1 aliphatic heterocycles. The summed E-state index contributed by atoms with van der Waals surface area (Å²) >= 11 is 0. The van der Waals surface area contributed by atoms with Gasteiger partial charge in [0.2, 0.25) is 0 Å². The zero-order valence-electron chi connectivity index (χ0n) is 11.3. The minimum atomic E-state index is -0.447. The second-order valence-corrected chi connectivity index (χ2v) is 5.04. The highest BCUT2D eigenvalue weighted by molar-refractivity contribution is 5.29. The van der Waals surface area contributed by atoms with E-state index in [2.05, 4.69) is 0 Å². The van der Waals surface area contributed by atoms with Crippen LogP contribution in [0, 0.1) is 5.82 Å². The molecule has 1 aromatic rings. The number of halogens is 1. The molecule has 1 saturated heterocycles. The zero-order chi connectivity index (χ0) is 13.7.